The minimum absolute atomic E-state index is 0.183. The molecule has 4 rings (SSSR count). The molecule has 1 aromatic heterocycles. The third kappa shape index (κ3) is 3.52. The van der Waals surface area contributed by atoms with Gasteiger partial charge in [-0.15, -0.1) is 0 Å². The summed E-state index contributed by atoms with van der Waals surface area (Å²) in [4.78, 5) is 4.66. The maximum atomic E-state index is 10.3. The summed E-state index contributed by atoms with van der Waals surface area (Å²) >= 11 is 0. The summed E-state index contributed by atoms with van der Waals surface area (Å²) in [5, 5.41) is 13.5. The van der Waals surface area contributed by atoms with Crippen molar-refractivity contribution in [3.8, 4) is 39.6 Å². The summed E-state index contributed by atoms with van der Waals surface area (Å²) in [5.41, 5.74) is 3.17. The van der Waals surface area contributed by atoms with Gasteiger partial charge in [-0.05, 0) is 35.9 Å². The number of aromatic hydroxyl groups is 1. The van der Waals surface area contributed by atoms with E-state index in [2.05, 4.69) is 10.3 Å². The van der Waals surface area contributed by atoms with Gasteiger partial charge in [0, 0.05) is 24.8 Å². The van der Waals surface area contributed by atoms with Crippen LogP contribution in [0.1, 0.15) is 0 Å². The number of para-hydroxylation sites is 2. The molecule has 1 aliphatic rings. The van der Waals surface area contributed by atoms with Crippen molar-refractivity contribution in [1.29, 1.82) is 0 Å². The van der Waals surface area contributed by atoms with E-state index in [4.69, 9.17) is 14.2 Å². The van der Waals surface area contributed by atoms with E-state index < -0.39 is 0 Å². The molecule has 0 saturated heterocycles. The van der Waals surface area contributed by atoms with Gasteiger partial charge in [0.05, 0.1) is 12.3 Å². The van der Waals surface area contributed by atoms with Gasteiger partial charge in [0.1, 0.15) is 11.6 Å². The van der Waals surface area contributed by atoms with Crippen molar-refractivity contribution < 1.29 is 19.3 Å². The van der Waals surface area contributed by atoms with Gasteiger partial charge in [-0.25, -0.2) is 4.98 Å². The summed E-state index contributed by atoms with van der Waals surface area (Å²) in [5.74, 6) is 2.32. The lowest BCUT2D eigenvalue weighted by molar-refractivity contribution is 0.174. The minimum atomic E-state index is 0.183. The number of phenolic OH excluding ortho intramolecular Hbond substituents is 1. The van der Waals surface area contributed by atoms with Crippen LogP contribution in [0.2, 0.25) is 0 Å². The van der Waals surface area contributed by atoms with Gasteiger partial charge in [0.25, 0.3) is 0 Å². The zero-order valence-electron chi connectivity index (χ0n) is 14.9. The Kier molecular flexibility index (Phi) is 4.80. The highest BCUT2D eigenvalue weighted by Crippen LogP contribution is 2.42. The largest absolute Gasteiger partial charge is 0.507 e. The Morgan fingerprint density at radius 2 is 1.93 bits per heavy atom. The number of pyridine rings is 1. The first-order valence-corrected chi connectivity index (χ1v) is 8.68. The molecule has 0 amide bonds. The third-order valence-electron chi connectivity index (χ3n) is 4.33. The molecule has 6 heteroatoms. The standard InChI is InChI=1S/C21H20N2O4/c1-25-10-9-22-20-12-14(15-6-4-8-19-21(15)27-13-26-19)11-17(23-20)16-5-2-3-7-18(16)24/h2-8,11-12,24H,9-10,13H2,1H3,(H,22,23). The van der Waals surface area contributed by atoms with Gasteiger partial charge in [-0.2, -0.15) is 0 Å². The van der Waals surface area contributed by atoms with E-state index in [0.29, 0.717) is 30.2 Å². The molecular weight excluding hydrogens is 344 g/mol. The second kappa shape index (κ2) is 7.55. The fourth-order valence-electron chi connectivity index (χ4n) is 3.04. The molecule has 0 unspecified atom stereocenters. The lowest BCUT2D eigenvalue weighted by Gasteiger charge is -2.13. The molecular formula is C21H20N2O4. The van der Waals surface area contributed by atoms with E-state index in [1.807, 2.05) is 42.5 Å². The Morgan fingerprint density at radius 1 is 1.07 bits per heavy atom. The molecule has 27 heavy (non-hydrogen) atoms. The molecule has 0 aliphatic carbocycles. The number of methoxy groups -OCH3 is 1. The molecule has 0 saturated carbocycles. The van der Waals surface area contributed by atoms with E-state index in [9.17, 15) is 5.11 Å². The van der Waals surface area contributed by atoms with Crippen molar-refractivity contribution in [2.24, 2.45) is 0 Å². The molecule has 138 valence electrons. The highest BCUT2D eigenvalue weighted by Gasteiger charge is 2.19. The molecule has 6 nitrogen and oxygen atoms in total. The summed E-state index contributed by atoms with van der Waals surface area (Å²) in [7, 11) is 1.66. The predicted molar refractivity (Wildman–Crippen MR) is 103 cm³/mol. The molecule has 0 spiro atoms. The van der Waals surface area contributed by atoms with Gasteiger partial charge in [-0.1, -0.05) is 24.3 Å². The fraction of sp³-hybridized carbons (Fsp3) is 0.190. The Labute approximate surface area is 157 Å². The van der Waals surface area contributed by atoms with E-state index in [1.165, 1.54) is 0 Å². The number of nitrogens with one attached hydrogen (secondary N) is 1. The molecule has 0 atom stereocenters. The number of hydrogen-bond acceptors (Lipinski definition) is 6. The second-order valence-electron chi connectivity index (χ2n) is 6.10. The van der Waals surface area contributed by atoms with Crippen LogP contribution in [0.25, 0.3) is 22.4 Å². The number of phenols is 1. The number of benzene rings is 2. The van der Waals surface area contributed by atoms with Crippen LogP contribution in [-0.2, 0) is 4.74 Å². The van der Waals surface area contributed by atoms with Crippen molar-refractivity contribution in [2.75, 3.05) is 32.4 Å². The zero-order chi connectivity index (χ0) is 18.6. The summed E-state index contributed by atoms with van der Waals surface area (Å²) in [6.45, 7) is 1.40. The summed E-state index contributed by atoms with van der Waals surface area (Å²) < 4.78 is 16.3. The molecule has 3 aromatic rings. The van der Waals surface area contributed by atoms with Crippen molar-refractivity contribution in [2.45, 2.75) is 0 Å². The number of anilines is 1. The molecule has 1 aliphatic heterocycles. The van der Waals surface area contributed by atoms with Gasteiger partial charge >= 0.3 is 0 Å². The third-order valence-corrected chi connectivity index (χ3v) is 4.33. The Hall–Kier alpha value is -3.25. The van der Waals surface area contributed by atoms with Crippen molar-refractivity contribution in [3.05, 3.63) is 54.6 Å². The lowest BCUT2D eigenvalue weighted by Crippen LogP contribution is -2.09. The van der Waals surface area contributed by atoms with E-state index in [-0.39, 0.29) is 12.5 Å². The summed E-state index contributed by atoms with van der Waals surface area (Å²) in [6.07, 6.45) is 0. The maximum Gasteiger partial charge on any atom is 0.231 e. The van der Waals surface area contributed by atoms with Crippen LogP contribution < -0.4 is 14.8 Å². The topological polar surface area (TPSA) is 72.8 Å². The molecule has 0 radical (unpaired) electrons. The number of hydrogen-bond donors (Lipinski definition) is 2. The van der Waals surface area contributed by atoms with Crippen LogP contribution in [0.4, 0.5) is 5.82 Å². The van der Waals surface area contributed by atoms with Gasteiger partial charge in [-0.3, -0.25) is 0 Å². The number of rotatable bonds is 6. The smallest absolute Gasteiger partial charge is 0.231 e. The Balaban J connectivity index is 1.81. The molecule has 2 heterocycles. The van der Waals surface area contributed by atoms with Crippen LogP contribution in [-0.4, -0.2) is 37.1 Å². The molecule has 2 aromatic carbocycles. The SMILES string of the molecule is COCCNc1cc(-c2cccc3c2OCO3)cc(-c2ccccc2O)n1. The van der Waals surface area contributed by atoms with Crippen LogP contribution >= 0.6 is 0 Å². The first-order valence-electron chi connectivity index (χ1n) is 8.68. The second-order valence-corrected chi connectivity index (χ2v) is 6.10. The monoisotopic (exact) mass is 364 g/mol. The zero-order valence-corrected chi connectivity index (χ0v) is 14.9. The number of nitrogens with zero attached hydrogens (tertiary/aromatic N) is 1. The quantitative estimate of drug-likeness (QED) is 0.646. The first kappa shape index (κ1) is 17.2. The van der Waals surface area contributed by atoms with E-state index in [1.54, 1.807) is 19.2 Å². The molecule has 2 N–H and O–H groups in total. The Morgan fingerprint density at radius 3 is 2.78 bits per heavy atom. The van der Waals surface area contributed by atoms with Crippen LogP contribution in [0, 0.1) is 0 Å². The lowest BCUT2D eigenvalue weighted by atomic mass is 10.0. The van der Waals surface area contributed by atoms with Crippen molar-refractivity contribution in [3.63, 3.8) is 0 Å². The van der Waals surface area contributed by atoms with E-state index in [0.717, 1.165) is 22.6 Å². The van der Waals surface area contributed by atoms with Crippen LogP contribution in [0.5, 0.6) is 17.2 Å². The van der Waals surface area contributed by atoms with Crippen LogP contribution in [0.3, 0.4) is 0 Å². The van der Waals surface area contributed by atoms with Crippen LogP contribution in [0.15, 0.2) is 54.6 Å². The number of fused-ring (bicyclic) bond motifs is 1. The van der Waals surface area contributed by atoms with Gasteiger partial charge in [0.2, 0.25) is 6.79 Å². The minimum Gasteiger partial charge on any atom is -0.507 e. The van der Waals surface area contributed by atoms with Gasteiger partial charge < -0.3 is 24.6 Å². The average molecular weight is 364 g/mol. The Bertz CT molecular complexity index is 959. The summed E-state index contributed by atoms with van der Waals surface area (Å²) in [6, 6.07) is 16.8. The van der Waals surface area contributed by atoms with Crippen molar-refractivity contribution >= 4 is 5.82 Å². The number of aromatic nitrogens is 1. The highest BCUT2D eigenvalue weighted by molar-refractivity contribution is 5.80. The first-order chi connectivity index (χ1) is 13.3. The maximum absolute atomic E-state index is 10.3. The van der Waals surface area contributed by atoms with E-state index >= 15 is 0 Å². The van der Waals surface area contributed by atoms with Crippen molar-refractivity contribution in [1.82, 2.24) is 4.98 Å². The van der Waals surface area contributed by atoms with Gasteiger partial charge in [0.15, 0.2) is 11.5 Å². The fourth-order valence-corrected chi connectivity index (χ4v) is 3.04. The average Bonchev–Trinajstić information content (AvgIpc) is 3.17. The normalized spacial score (nSPS) is 12.2. The molecule has 0 fully saturated rings. The predicted octanol–water partition coefficient (Wildman–Crippen LogP) is 3.91. The number of ether oxygens (including phenoxy) is 3. The highest BCUT2D eigenvalue weighted by atomic mass is 16.7. The molecule has 0 bridgehead atoms.